The van der Waals surface area contributed by atoms with E-state index in [1.807, 2.05) is 31.3 Å². The molecule has 0 saturated carbocycles. The van der Waals surface area contributed by atoms with Crippen molar-refractivity contribution in [1.82, 2.24) is 5.32 Å². The first kappa shape index (κ1) is 15.6. The number of methoxy groups -OCH3 is 2. The maximum atomic E-state index is 6.12. The minimum Gasteiger partial charge on any atom is -0.493 e. The number of benzene rings is 1. The molecule has 0 amide bonds. The summed E-state index contributed by atoms with van der Waals surface area (Å²) in [6, 6.07) is 7.92. The van der Waals surface area contributed by atoms with E-state index >= 15 is 0 Å². The third-order valence-corrected chi connectivity index (χ3v) is 5.52. The summed E-state index contributed by atoms with van der Waals surface area (Å²) in [5.41, 5.74) is 1.09. The molecule has 6 heteroatoms. The molecule has 0 aliphatic heterocycles. The van der Waals surface area contributed by atoms with Crippen molar-refractivity contribution in [3.63, 3.8) is 0 Å². The smallest absolute Gasteiger partial charge is 0.161 e. The number of thiophene rings is 1. The number of ether oxygens (including phenoxy) is 2. The molecule has 1 N–H and O–H groups in total. The highest BCUT2D eigenvalue weighted by molar-refractivity contribution is 9.11. The van der Waals surface area contributed by atoms with Crippen molar-refractivity contribution < 1.29 is 9.47 Å². The van der Waals surface area contributed by atoms with Crippen molar-refractivity contribution in [1.29, 1.82) is 0 Å². The van der Waals surface area contributed by atoms with E-state index in [-0.39, 0.29) is 6.04 Å². The first-order chi connectivity index (χ1) is 9.60. The molecule has 1 atom stereocenters. The van der Waals surface area contributed by atoms with Crippen LogP contribution in [0.1, 0.15) is 16.5 Å². The summed E-state index contributed by atoms with van der Waals surface area (Å²) in [4.78, 5) is 1.14. The van der Waals surface area contributed by atoms with Gasteiger partial charge in [0, 0.05) is 4.88 Å². The minimum absolute atomic E-state index is 0.0589. The Morgan fingerprint density at radius 3 is 2.40 bits per heavy atom. The lowest BCUT2D eigenvalue weighted by Gasteiger charge is -2.17. The summed E-state index contributed by atoms with van der Waals surface area (Å²) in [5, 5.41) is 4.03. The van der Waals surface area contributed by atoms with Gasteiger partial charge in [-0.3, -0.25) is 0 Å². The molecule has 1 aromatic heterocycles. The van der Waals surface area contributed by atoms with Gasteiger partial charge in [-0.1, -0.05) is 17.7 Å². The van der Waals surface area contributed by atoms with Crippen molar-refractivity contribution in [2.75, 3.05) is 21.3 Å². The number of nitrogens with one attached hydrogen (secondary N) is 1. The van der Waals surface area contributed by atoms with Gasteiger partial charge in [-0.15, -0.1) is 11.3 Å². The van der Waals surface area contributed by atoms with Crippen LogP contribution in [0.25, 0.3) is 0 Å². The number of rotatable bonds is 5. The van der Waals surface area contributed by atoms with Crippen LogP contribution in [0.5, 0.6) is 11.5 Å². The molecule has 1 unspecified atom stereocenters. The van der Waals surface area contributed by atoms with Gasteiger partial charge in [-0.05, 0) is 46.7 Å². The molecule has 0 aliphatic carbocycles. The summed E-state index contributed by atoms with van der Waals surface area (Å²) in [6.45, 7) is 0. The first-order valence-corrected chi connectivity index (χ1v) is 7.93. The van der Waals surface area contributed by atoms with E-state index in [0.717, 1.165) is 25.0 Å². The Morgan fingerprint density at radius 1 is 1.20 bits per heavy atom. The first-order valence-electron chi connectivity index (χ1n) is 5.94. The predicted octanol–water partition coefficient (Wildman–Crippen LogP) is 4.49. The largest absolute Gasteiger partial charge is 0.493 e. The molecule has 0 radical (unpaired) electrons. The van der Waals surface area contributed by atoms with E-state index in [9.17, 15) is 0 Å². The van der Waals surface area contributed by atoms with Crippen molar-refractivity contribution in [3.05, 3.63) is 43.5 Å². The van der Waals surface area contributed by atoms with E-state index < -0.39 is 0 Å². The fraction of sp³-hybridized carbons (Fsp3) is 0.286. The van der Waals surface area contributed by atoms with Crippen molar-refractivity contribution in [2.45, 2.75) is 6.04 Å². The highest BCUT2D eigenvalue weighted by Crippen LogP contribution is 2.39. The number of hydrogen-bond acceptors (Lipinski definition) is 4. The van der Waals surface area contributed by atoms with Gasteiger partial charge in [0.25, 0.3) is 0 Å². The van der Waals surface area contributed by atoms with Gasteiger partial charge in [-0.25, -0.2) is 0 Å². The molecule has 0 aliphatic rings. The molecule has 2 rings (SSSR count). The van der Waals surface area contributed by atoms with Gasteiger partial charge in [0.2, 0.25) is 0 Å². The third-order valence-electron chi connectivity index (χ3n) is 2.98. The number of hydrogen-bond donors (Lipinski definition) is 1. The van der Waals surface area contributed by atoms with Crippen molar-refractivity contribution >= 4 is 38.9 Å². The molecule has 0 bridgehead atoms. The normalized spacial score (nSPS) is 12.2. The molecular weight excluding hydrogens is 362 g/mol. The molecule has 1 heterocycles. The van der Waals surface area contributed by atoms with E-state index in [2.05, 4.69) is 21.2 Å². The highest BCUT2D eigenvalue weighted by atomic mass is 79.9. The summed E-state index contributed by atoms with van der Waals surface area (Å²) < 4.78 is 11.6. The molecule has 108 valence electrons. The summed E-state index contributed by atoms with van der Waals surface area (Å²) >= 11 is 11.2. The fourth-order valence-corrected chi connectivity index (χ4v) is 3.90. The Labute approximate surface area is 136 Å². The van der Waals surface area contributed by atoms with E-state index in [1.165, 1.54) is 0 Å². The standard InChI is InChI=1S/C14H15BrClNO2S/c1-17-13(12-7-9(16)14(15)20-12)8-4-5-10(18-2)11(6-8)19-3/h4-7,13,17H,1-3H3. The summed E-state index contributed by atoms with van der Waals surface area (Å²) in [7, 11) is 5.18. The average molecular weight is 377 g/mol. The predicted molar refractivity (Wildman–Crippen MR) is 87.5 cm³/mol. The minimum atomic E-state index is 0.0589. The Kier molecular flexibility index (Phi) is 5.32. The van der Waals surface area contributed by atoms with Gasteiger partial charge < -0.3 is 14.8 Å². The zero-order valence-corrected chi connectivity index (χ0v) is 14.5. The maximum absolute atomic E-state index is 6.12. The zero-order chi connectivity index (χ0) is 14.7. The summed E-state index contributed by atoms with van der Waals surface area (Å²) in [6.07, 6.45) is 0. The average Bonchev–Trinajstić information content (AvgIpc) is 2.79. The topological polar surface area (TPSA) is 30.5 Å². The molecular formula is C14H15BrClNO2S. The van der Waals surface area contributed by atoms with Crippen molar-refractivity contribution in [3.8, 4) is 11.5 Å². The Hall–Kier alpha value is -0.750. The van der Waals surface area contributed by atoms with Gasteiger partial charge in [-0.2, -0.15) is 0 Å². The van der Waals surface area contributed by atoms with E-state index in [0.29, 0.717) is 5.75 Å². The van der Waals surface area contributed by atoms with Gasteiger partial charge in [0.15, 0.2) is 11.5 Å². The van der Waals surface area contributed by atoms with E-state index in [4.69, 9.17) is 21.1 Å². The van der Waals surface area contributed by atoms with Crippen LogP contribution in [-0.2, 0) is 0 Å². The number of halogens is 2. The van der Waals surface area contributed by atoms with Crippen LogP contribution in [0.4, 0.5) is 0 Å². The Bertz CT molecular complexity index is 583. The van der Waals surface area contributed by atoms with E-state index in [1.54, 1.807) is 25.6 Å². The van der Waals surface area contributed by atoms with Gasteiger partial charge >= 0.3 is 0 Å². The monoisotopic (exact) mass is 375 g/mol. The van der Waals surface area contributed by atoms with Crippen LogP contribution in [0.3, 0.4) is 0 Å². The molecule has 0 spiro atoms. The highest BCUT2D eigenvalue weighted by Gasteiger charge is 2.18. The maximum Gasteiger partial charge on any atom is 0.161 e. The van der Waals surface area contributed by atoms with Gasteiger partial charge in [0.05, 0.1) is 29.1 Å². The van der Waals surface area contributed by atoms with Crippen LogP contribution in [0, 0.1) is 0 Å². The summed E-state index contributed by atoms with van der Waals surface area (Å²) in [5.74, 6) is 1.43. The lowest BCUT2D eigenvalue weighted by atomic mass is 10.0. The molecule has 20 heavy (non-hydrogen) atoms. The molecule has 3 nitrogen and oxygen atoms in total. The fourth-order valence-electron chi connectivity index (χ4n) is 2.01. The SMILES string of the molecule is CNC(c1ccc(OC)c(OC)c1)c1cc(Cl)c(Br)s1. The molecule has 0 fully saturated rings. The lowest BCUT2D eigenvalue weighted by Crippen LogP contribution is -2.16. The zero-order valence-electron chi connectivity index (χ0n) is 11.4. The van der Waals surface area contributed by atoms with Crippen LogP contribution in [0.2, 0.25) is 5.02 Å². The second-order valence-electron chi connectivity index (χ2n) is 4.11. The van der Waals surface area contributed by atoms with Crippen molar-refractivity contribution in [2.24, 2.45) is 0 Å². The molecule has 1 aromatic carbocycles. The van der Waals surface area contributed by atoms with Crippen LogP contribution >= 0.6 is 38.9 Å². The lowest BCUT2D eigenvalue weighted by molar-refractivity contribution is 0.354. The van der Waals surface area contributed by atoms with Crippen LogP contribution in [0.15, 0.2) is 28.1 Å². The Morgan fingerprint density at radius 2 is 1.90 bits per heavy atom. The third kappa shape index (κ3) is 3.11. The van der Waals surface area contributed by atoms with Crippen LogP contribution in [-0.4, -0.2) is 21.3 Å². The van der Waals surface area contributed by atoms with Gasteiger partial charge in [0.1, 0.15) is 0 Å². The second-order valence-corrected chi connectivity index (χ2v) is 6.92. The Balaban J connectivity index is 2.41. The molecule has 2 aromatic rings. The quantitative estimate of drug-likeness (QED) is 0.834. The second kappa shape index (κ2) is 6.80. The van der Waals surface area contributed by atoms with Crippen LogP contribution < -0.4 is 14.8 Å². The molecule has 0 saturated heterocycles.